The van der Waals surface area contributed by atoms with E-state index in [1.54, 1.807) is 6.21 Å². The molecule has 0 N–H and O–H groups in total. The minimum atomic E-state index is 0.419. The Morgan fingerprint density at radius 2 is 1.78 bits per heavy atom. The number of hydrogen-bond acceptors (Lipinski definition) is 6. The number of hydrogen-bond donors (Lipinski definition) is 0. The summed E-state index contributed by atoms with van der Waals surface area (Å²) in [5, 5.41) is 11.6. The molecular formula is C20H22N4O3. The molecule has 0 fully saturated rings. The molecule has 0 aliphatic heterocycles. The van der Waals surface area contributed by atoms with Crippen LogP contribution in [-0.4, -0.2) is 40.9 Å². The van der Waals surface area contributed by atoms with Gasteiger partial charge in [0.1, 0.15) is 31.6 Å². The molecule has 3 rings (SSSR count). The van der Waals surface area contributed by atoms with Gasteiger partial charge in [-0.1, -0.05) is 12.1 Å². The molecule has 7 heteroatoms. The number of aromatic nitrogens is 3. The van der Waals surface area contributed by atoms with Crippen molar-refractivity contribution in [3.8, 4) is 17.2 Å². The second-order valence-corrected chi connectivity index (χ2v) is 5.74. The molecule has 0 spiro atoms. The van der Waals surface area contributed by atoms with Crippen LogP contribution in [0.2, 0.25) is 0 Å². The van der Waals surface area contributed by atoms with Crippen molar-refractivity contribution in [2.24, 2.45) is 5.10 Å². The first-order valence-corrected chi connectivity index (χ1v) is 8.72. The normalized spacial score (nSPS) is 10.9. The lowest BCUT2D eigenvalue weighted by atomic mass is 10.2. The van der Waals surface area contributed by atoms with Crippen LogP contribution >= 0.6 is 0 Å². The van der Waals surface area contributed by atoms with Crippen molar-refractivity contribution in [3.63, 3.8) is 0 Å². The van der Waals surface area contributed by atoms with E-state index in [2.05, 4.69) is 15.3 Å². The highest BCUT2D eigenvalue weighted by atomic mass is 16.5. The van der Waals surface area contributed by atoms with Crippen LogP contribution in [0.15, 0.2) is 60.2 Å². The van der Waals surface area contributed by atoms with E-state index >= 15 is 0 Å². The largest absolute Gasteiger partial charge is 0.490 e. The number of rotatable bonds is 9. The van der Waals surface area contributed by atoms with Crippen LogP contribution in [0, 0.1) is 6.92 Å². The predicted molar refractivity (Wildman–Crippen MR) is 103 cm³/mol. The lowest BCUT2D eigenvalue weighted by Gasteiger charge is -2.13. The van der Waals surface area contributed by atoms with Gasteiger partial charge in [-0.3, -0.25) is 0 Å². The van der Waals surface area contributed by atoms with Crippen LogP contribution in [0.1, 0.15) is 18.1 Å². The fourth-order valence-corrected chi connectivity index (χ4v) is 2.40. The summed E-state index contributed by atoms with van der Waals surface area (Å²) < 4.78 is 18.7. The Labute approximate surface area is 158 Å². The molecule has 0 radical (unpaired) electrons. The van der Waals surface area contributed by atoms with Crippen molar-refractivity contribution in [1.82, 2.24) is 14.9 Å². The van der Waals surface area contributed by atoms with Crippen molar-refractivity contribution in [3.05, 3.63) is 66.2 Å². The van der Waals surface area contributed by atoms with E-state index in [9.17, 15) is 0 Å². The number of aryl methyl sites for hydroxylation is 1. The fraction of sp³-hybridized carbons (Fsp3) is 0.250. The molecule has 7 nitrogen and oxygen atoms in total. The smallest absolute Gasteiger partial charge is 0.161 e. The molecule has 0 saturated heterocycles. The SMILES string of the molecule is CCOc1cc(/C=N\n2cnnc2)ccc1OCCOc1cccc(C)c1. The molecule has 3 aromatic rings. The van der Waals surface area contributed by atoms with Crippen molar-refractivity contribution < 1.29 is 14.2 Å². The molecule has 0 saturated carbocycles. The number of ether oxygens (including phenoxy) is 3. The highest BCUT2D eigenvalue weighted by Crippen LogP contribution is 2.28. The molecule has 1 heterocycles. The highest BCUT2D eigenvalue weighted by molar-refractivity contribution is 5.80. The second kappa shape index (κ2) is 9.38. The molecule has 0 bridgehead atoms. The molecular weight excluding hydrogens is 344 g/mol. The Morgan fingerprint density at radius 1 is 0.963 bits per heavy atom. The van der Waals surface area contributed by atoms with Crippen LogP contribution in [0.3, 0.4) is 0 Å². The van der Waals surface area contributed by atoms with E-state index < -0.39 is 0 Å². The Balaban J connectivity index is 1.58. The first kappa shape index (κ1) is 18.4. The van der Waals surface area contributed by atoms with Crippen LogP contribution in [0.25, 0.3) is 0 Å². The van der Waals surface area contributed by atoms with Crippen molar-refractivity contribution in [2.45, 2.75) is 13.8 Å². The third kappa shape index (κ3) is 5.57. The molecule has 0 unspecified atom stereocenters. The van der Waals surface area contributed by atoms with E-state index in [1.807, 2.05) is 56.3 Å². The van der Waals surface area contributed by atoms with Gasteiger partial charge in [-0.05, 0) is 55.3 Å². The van der Waals surface area contributed by atoms with Gasteiger partial charge in [0.05, 0.1) is 12.8 Å². The zero-order chi connectivity index (χ0) is 18.9. The quantitative estimate of drug-likeness (QED) is 0.429. The summed E-state index contributed by atoms with van der Waals surface area (Å²) in [5.74, 6) is 2.18. The average molecular weight is 366 g/mol. The minimum Gasteiger partial charge on any atom is -0.490 e. The lowest BCUT2D eigenvalue weighted by Crippen LogP contribution is -2.10. The van der Waals surface area contributed by atoms with Crippen LogP contribution in [0.5, 0.6) is 17.2 Å². The first-order chi connectivity index (χ1) is 13.2. The molecule has 0 amide bonds. The number of benzene rings is 2. The summed E-state index contributed by atoms with van der Waals surface area (Å²) in [4.78, 5) is 0. The van der Waals surface area contributed by atoms with Gasteiger partial charge in [0.25, 0.3) is 0 Å². The monoisotopic (exact) mass is 366 g/mol. The zero-order valence-corrected chi connectivity index (χ0v) is 15.4. The van der Waals surface area contributed by atoms with Crippen molar-refractivity contribution in [2.75, 3.05) is 19.8 Å². The Bertz CT molecular complexity index is 879. The molecule has 0 atom stereocenters. The molecule has 0 aliphatic rings. The van der Waals surface area contributed by atoms with Crippen LogP contribution in [-0.2, 0) is 0 Å². The lowest BCUT2D eigenvalue weighted by molar-refractivity contribution is 0.208. The van der Waals surface area contributed by atoms with Gasteiger partial charge in [-0.2, -0.15) is 5.10 Å². The molecule has 0 aliphatic carbocycles. The van der Waals surface area contributed by atoms with Crippen LogP contribution in [0.4, 0.5) is 0 Å². The summed E-state index contributed by atoms with van der Waals surface area (Å²) in [7, 11) is 0. The van der Waals surface area contributed by atoms with E-state index in [0.29, 0.717) is 31.3 Å². The van der Waals surface area contributed by atoms with Gasteiger partial charge in [-0.15, -0.1) is 10.2 Å². The van der Waals surface area contributed by atoms with E-state index in [1.165, 1.54) is 17.3 Å². The zero-order valence-electron chi connectivity index (χ0n) is 15.4. The molecule has 2 aromatic carbocycles. The first-order valence-electron chi connectivity index (χ1n) is 8.72. The molecule has 140 valence electrons. The summed E-state index contributed by atoms with van der Waals surface area (Å²) in [6.45, 7) is 5.38. The van der Waals surface area contributed by atoms with Gasteiger partial charge in [0, 0.05) is 0 Å². The topological polar surface area (TPSA) is 70.8 Å². The predicted octanol–water partition coefficient (Wildman–Crippen LogP) is 3.33. The van der Waals surface area contributed by atoms with E-state index in [0.717, 1.165) is 16.9 Å². The molecule has 27 heavy (non-hydrogen) atoms. The van der Waals surface area contributed by atoms with Gasteiger partial charge in [0.15, 0.2) is 11.5 Å². The van der Waals surface area contributed by atoms with Gasteiger partial charge < -0.3 is 14.2 Å². The second-order valence-electron chi connectivity index (χ2n) is 5.74. The third-order valence-corrected chi connectivity index (χ3v) is 3.61. The van der Waals surface area contributed by atoms with Gasteiger partial charge in [-0.25, -0.2) is 4.68 Å². The average Bonchev–Trinajstić information content (AvgIpc) is 3.19. The maximum Gasteiger partial charge on any atom is 0.161 e. The van der Waals surface area contributed by atoms with E-state index in [-0.39, 0.29) is 0 Å². The Morgan fingerprint density at radius 3 is 2.56 bits per heavy atom. The Kier molecular flexibility index (Phi) is 6.40. The van der Waals surface area contributed by atoms with Gasteiger partial charge >= 0.3 is 0 Å². The third-order valence-electron chi connectivity index (χ3n) is 3.61. The minimum absolute atomic E-state index is 0.419. The maximum absolute atomic E-state index is 5.83. The molecule has 1 aromatic heterocycles. The summed E-state index contributed by atoms with van der Waals surface area (Å²) in [5.41, 5.74) is 2.05. The van der Waals surface area contributed by atoms with Crippen molar-refractivity contribution in [1.29, 1.82) is 0 Å². The Hall–Kier alpha value is -3.35. The summed E-state index contributed by atoms with van der Waals surface area (Å²) in [6.07, 6.45) is 4.74. The van der Waals surface area contributed by atoms with E-state index in [4.69, 9.17) is 14.2 Å². The number of nitrogens with zero attached hydrogens (tertiary/aromatic N) is 4. The summed E-state index contributed by atoms with van der Waals surface area (Å²) in [6, 6.07) is 13.6. The standard InChI is InChI=1S/C20H22N4O3/c1-3-25-20-12-17(13-23-24-14-21-22-15-24)7-8-19(20)27-10-9-26-18-6-4-5-16(2)11-18/h4-8,11-15H,3,9-10H2,1-2H3/b23-13-. The van der Waals surface area contributed by atoms with Crippen LogP contribution < -0.4 is 14.2 Å². The van der Waals surface area contributed by atoms with Crippen molar-refractivity contribution >= 4 is 6.21 Å². The summed E-state index contributed by atoms with van der Waals surface area (Å²) >= 11 is 0. The van der Waals surface area contributed by atoms with Gasteiger partial charge in [0.2, 0.25) is 0 Å². The fourth-order valence-electron chi connectivity index (χ4n) is 2.40. The highest BCUT2D eigenvalue weighted by Gasteiger charge is 2.06. The maximum atomic E-state index is 5.83.